The number of nitrogens with one attached hydrogen (secondary N) is 3. The standard InChI is InChI=1S/C15H34N4O2S/c1-5-8-10-14(6-2)13-18-15(16-4)17-11-9-12-19-22(20,21)7-3/h14,19H,5-13H2,1-4H3,(H2,16,17,18). The number of sulfonamides is 1. The topological polar surface area (TPSA) is 82.6 Å². The van der Waals surface area contributed by atoms with Gasteiger partial charge in [-0.2, -0.15) is 0 Å². The quantitative estimate of drug-likeness (QED) is 0.288. The van der Waals surface area contributed by atoms with Gasteiger partial charge in [-0.1, -0.05) is 33.1 Å². The van der Waals surface area contributed by atoms with Crippen LogP contribution in [0.15, 0.2) is 4.99 Å². The SMILES string of the molecule is CCCCC(CC)CNC(=NC)NCCCNS(=O)(=O)CC. The van der Waals surface area contributed by atoms with Crippen LogP contribution in [0.3, 0.4) is 0 Å². The Morgan fingerprint density at radius 2 is 1.82 bits per heavy atom. The van der Waals surface area contributed by atoms with E-state index in [0.717, 1.165) is 18.9 Å². The maximum absolute atomic E-state index is 11.3. The fraction of sp³-hybridized carbons (Fsp3) is 0.933. The number of hydrogen-bond donors (Lipinski definition) is 3. The molecule has 0 radical (unpaired) electrons. The van der Waals surface area contributed by atoms with Crippen molar-refractivity contribution in [1.82, 2.24) is 15.4 Å². The van der Waals surface area contributed by atoms with Gasteiger partial charge in [-0.05, 0) is 25.7 Å². The molecule has 0 aliphatic rings. The third-order valence-corrected chi connectivity index (χ3v) is 5.08. The second-order valence-corrected chi connectivity index (χ2v) is 7.54. The van der Waals surface area contributed by atoms with Crippen LogP contribution in [0.5, 0.6) is 0 Å². The summed E-state index contributed by atoms with van der Waals surface area (Å²) < 4.78 is 25.1. The highest BCUT2D eigenvalue weighted by Gasteiger charge is 2.07. The summed E-state index contributed by atoms with van der Waals surface area (Å²) in [6.45, 7) is 8.14. The lowest BCUT2D eigenvalue weighted by Gasteiger charge is -2.18. The average Bonchev–Trinajstić information content (AvgIpc) is 2.52. The molecule has 0 aromatic heterocycles. The summed E-state index contributed by atoms with van der Waals surface area (Å²) in [6, 6.07) is 0. The minimum absolute atomic E-state index is 0.125. The average molecular weight is 335 g/mol. The number of nitrogens with zero attached hydrogens (tertiary/aromatic N) is 1. The van der Waals surface area contributed by atoms with Gasteiger partial charge in [0.1, 0.15) is 0 Å². The predicted molar refractivity (Wildman–Crippen MR) is 94.8 cm³/mol. The molecule has 1 atom stereocenters. The first-order chi connectivity index (χ1) is 10.5. The summed E-state index contributed by atoms with van der Waals surface area (Å²) in [6.07, 6.45) is 5.65. The van der Waals surface area contributed by atoms with E-state index in [-0.39, 0.29) is 5.75 Å². The van der Waals surface area contributed by atoms with Gasteiger partial charge in [0.2, 0.25) is 10.0 Å². The van der Waals surface area contributed by atoms with Crippen LogP contribution >= 0.6 is 0 Å². The molecule has 6 nitrogen and oxygen atoms in total. The first kappa shape index (κ1) is 21.2. The largest absolute Gasteiger partial charge is 0.356 e. The first-order valence-corrected chi connectivity index (χ1v) is 10.1. The summed E-state index contributed by atoms with van der Waals surface area (Å²) in [5.74, 6) is 1.59. The Morgan fingerprint density at radius 1 is 1.09 bits per heavy atom. The number of guanidine groups is 1. The number of hydrogen-bond acceptors (Lipinski definition) is 3. The van der Waals surface area contributed by atoms with E-state index < -0.39 is 10.0 Å². The smallest absolute Gasteiger partial charge is 0.211 e. The third-order valence-electron chi connectivity index (χ3n) is 3.67. The normalized spacial score (nSPS) is 13.9. The zero-order valence-electron chi connectivity index (χ0n) is 14.6. The number of unbranched alkanes of at least 4 members (excludes halogenated alkanes) is 1. The van der Waals surface area contributed by atoms with Gasteiger partial charge in [0.05, 0.1) is 5.75 Å². The van der Waals surface area contributed by atoms with Crippen molar-refractivity contribution in [1.29, 1.82) is 0 Å². The van der Waals surface area contributed by atoms with Crippen molar-refractivity contribution in [2.75, 3.05) is 32.4 Å². The van der Waals surface area contributed by atoms with Gasteiger partial charge in [0.15, 0.2) is 5.96 Å². The monoisotopic (exact) mass is 334 g/mol. The maximum atomic E-state index is 11.3. The van der Waals surface area contributed by atoms with Crippen LogP contribution in [0.4, 0.5) is 0 Å². The zero-order chi connectivity index (χ0) is 16.8. The molecule has 0 amide bonds. The first-order valence-electron chi connectivity index (χ1n) is 8.40. The molecule has 0 aliphatic heterocycles. The molecule has 0 spiro atoms. The molecule has 0 aromatic rings. The highest BCUT2D eigenvalue weighted by molar-refractivity contribution is 7.89. The van der Waals surface area contributed by atoms with E-state index in [9.17, 15) is 8.42 Å². The Hall–Kier alpha value is -0.820. The van der Waals surface area contributed by atoms with E-state index in [4.69, 9.17) is 0 Å². The fourth-order valence-corrected chi connectivity index (χ4v) is 2.69. The Kier molecular flexibility index (Phi) is 12.2. The van der Waals surface area contributed by atoms with Crippen LogP contribution in [-0.2, 0) is 10.0 Å². The summed E-state index contributed by atoms with van der Waals surface area (Å²) in [5.41, 5.74) is 0. The van der Waals surface area contributed by atoms with E-state index in [1.54, 1.807) is 14.0 Å². The van der Waals surface area contributed by atoms with Crippen molar-refractivity contribution >= 4 is 16.0 Å². The molecule has 0 aliphatic carbocycles. The van der Waals surface area contributed by atoms with E-state index in [1.807, 2.05) is 0 Å². The third kappa shape index (κ3) is 10.8. The van der Waals surface area contributed by atoms with Gasteiger partial charge in [0.25, 0.3) is 0 Å². The zero-order valence-corrected chi connectivity index (χ0v) is 15.4. The highest BCUT2D eigenvalue weighted by atomic mass is 32.2. The summed E-state index contributed by atoms with van der Waals surface area (Å²) in [5, 5.41) is 6.56. The predicted octanol–water partition coefficient (Wildman–Crippen LogP) is 1.70. The molecule has 7 heteroatoms. The fourth-order valence-electron chi connectivity index (χ4n) is 2.03. The Labute approximate surface area is 136 Å². The molecule has 0 saturated heterocycles. The molecule has 3 N–H and O–H groups in total. The lowest BCUT2D eigenvalue weighted by Crippen LogP contribution is -2.40. The molecule has 0 bridgehead atoms. The minimum Gasteiger partial charge on any atom is -0.356 e. The van der Waals surface area contributed by atoms with Crippen LogP contribution in [0.25, 0.3) is 0 Å². The Bertz CT molecular complexity index is 396. The molecule has 22 heavy (non-hydrogen) atoms. The Morgan fingerprint density at radius 3 is 2.36 bits per heavy atom. The summed E-state index contributed by atoms with van der Waals surface area (Å²) >= 11 is 0. The molecular formula is C15H34N4O2S. The number of aliphatic imine (C=N–C) groups is 1. The lowest BCUT2D eigenvalue weighted by molar-refractivity contribution is 0.443. The van der Waals surface area contributed by atoms with Crippen molar-refractivity contribution < 1.29 is 8.42 Å². The van der Waals surface area contributed by atoms with Crippen LogP contribution in [0.2, 0.25) is 0 Å². The Balaban J connectivity index is 3.88. The summed E-state index contributed by atoms with van der Waals surface area (Å²) in [7, 11) is -1.33. The van der Waals surface area contributed by atoms with E-state index in [2.05, 4.69) is 34.2 Å². The molecule has 0 aromatic carbocycles. The van der Waals surface area contributed by atoms with Crippen LogP contribution in [-0.4, -0.2) is 46.8 Å². The molecule has 0 heterocycles. The van der Waals surface area contributed by atoms with Crippen LogP contribution in [0, 0.1) is 5.92 Å². The molecule has 0 saturated carbocycles. The number of rotatable bonds is 12. The van der Waals surface area contributed by atoms with Crippen molar-refractivity contribution in [3.05, 3.63) is 0 Å². The second kappa shape index (κ2) is 12.7. The van der Waals surface area contributed by atoms with Crippen LogP contribution < -0.4 is 15.4 Å². The molecule has 0 fully saturated rings. The molecule has 0 rings (SSSR count). The van der Waals surface area contributed by atoms with Crippen molar-refractivity contribution in [3.8, 4) is 0 Å². The second-order valence-electron chi connectivity index (χ2n) is 5.45. The highest BCUT2D eigenvalue weighted by Crippen LogP contribution is 2.10. The lowest BCUT2D eigenvalue weighted by atomic mass is 9.99. The van der Waals surface area contributed by atoms with Gasteiger partial charge in [-0.15, -0.1) is 0 Å². The maximum Gasteiger partial charge on any atom is 0.211 e. The van der Waals surface area contributed by atoms with Crippen LogP contribution in [0.1, 0.15) is 52.9 Å². The summed E-state index contributed by atoms with van der Waals surface area (Å²) in [4.78, 5) is 4.19. The van der Waals surface area contributed by atoms with E-state index in [0.29, 0.717) is 19.0 Å². The van der Waals surface area contributed by atoms with Gasteiger partial charge in [-0.3, -0.25) is 4.99 Å². The molecular weight excluding hydrogens is 300 g/mol. The van der Waals surface area contributed by atoms with Crippen molar-refractivity contribution in [2.24, 2.45) is 10.9 Å². The van der Waals surface area contributed by atoms with Crippen molar-refractivity contribution in [2.45, 2.75) is 52.9 Å². The van der Waals surface area contributed by atoms with Gasteiger partial charge in [0, 0.05) is 26.7 Å². The van der Waals surface area contributed by atoms with Gasteiger partial charge >= 0.3 is 0 Å². The molecule has 132 valence electrons. The van der Waals surface area contributed by atoms with Gasteiger partial charge < -0.3 is 10.6 Å². The van der Waals surface area contributed by atoms with Gasteiger partial charge in [-0.25, -0.2) is 13.1 Å². The van der Waals surface area contributed by atoms with E-state index >= 15 is 0 Å². The van der Waals surface area contributed by atoms with Crippen molar-refractivity contribution in [3.63, 3.8) is 0 Å². The minimum atomic E-state index is -3.08. The molecule has 1 unspecified atom stereocenters. The van der Waals surface area contributed by atoms with E-state index in [1.165, 1.54) is 25.7 Å².